The highest BCUT2D eigenvalue weighted by atomic mass is 19.1. The maximum Gasteiger partial charge on any atom is 0.143 e. The summed E-state index contributed by atoms with van der Waals surface area (Å²) in [7, 11) is 1.84. The van der Waals surface area contributed by atoms with Gasteiger partial charge in [-0.05, 0) is 31.7 Å². The average molecular weight is 195 g/mol. The lowest BCUT2D eigenvalue weighted by Gasteiger charge is -2.14. The first-order valence-electron chi connectivity index (χ1n) is 4.50. The Hall–Kier alpha value is -1.22. The van der Waals surface area contributed by atoms with Crippen LogP contribution in [-0.2, 0) is 11.3 Å². The van der Waals surface area contributed by atoms with Crippen molar-refractivity contribution in [3.8, 4) is 0 Å². The lowest BCUT2D eigenvalue weighted by molar-refractivity contribution is -0.117. The summed E-state index contributed by atoms with van der Waals surface area (Å²) in [5.41, 5.74) is 0.883. The van der Waals surface area contributed by atoms with Crippen LogP contribution in [0.2, 0.25) is 0 Å². The van der Waals surface area contributed by atoms with Crippen LogP contribution in [0.4, 0.5) is 4.39 Å². The fourth-order valence-electron chi connectivity index (χ4n) is 1.38. The Kier molecular flexibility index (Phi) is 3.77. The summed E-state index contributed by atoms with van der Waals surface area (Å²) in [5.74, 6) is -0.123. The molecule has 1 aromatic rings. The van der Waals surface area contributed by atoms with E-state index in [1.54, 1.807) is 13.0 Å². The molecule has 0 atom stereocenters. The molecular weight excluding hydrogens is 181 g/mol. The zero-order chi connectivity index (χ0) is 10.6. The van der Waals surface area contributed by atoms with Gasteiger partial charge in [0.15, 0.2) is 0 Å². The minimum atomic E-state index is -0.237. The summed E-state index contributed by atoms with van der Waals surface area (Å²) >= 11 is 0. The second-order valence-electron chi connectivity index (χ2n) is 3.50. The molecule has 0 saturated heterocycles. The SMILES string of the molecule is CC(=O)CN(C)Cc1cccc(F)c1. The van der Waals surface area contributed by atoms with Crippen LogP contribution in [0, 0.1) is 5.82 Å². The van der Waals surface area contributed by atoms with Crippen LogP contribution in [-0.4, -0.2) is 24.3 Å². The van der Waals surface area contributed by atoms with E-state index in [9.17, 15) is 9.18 Å². The summed E-state index contributed by atoms with van der Waals surface area (Å²) in [4.78, 5) is 12.7. The van der Waals surface area contributed by atoms with Crippen molar-refractivity contribution in [3.05, 3.63) is 35.6 Å². The Morgan fingerprint density at radius 2 is 2.21 bits per heavy atom. The molecule has 2 nitrogen and oxygen atoms in total. The summed E-state index contributed by atoms with van der Waals surface area (Å²) in [6.45, 7) is 2.54. The highest BCUT2D eigenvalue weighted by Gasteiger charge is 2.03. The number of nitrogens with zero attached hydrogens (tertiary/aromatic N) is 1. The Morgan fingerprint density at radius 1 is 1.50 bits per heavy atom. The number of hydrogen-bond donors (Lipinski definition) is 0. The van der Waals surface area contributed by atoms with Gasteiger partial charge in [-0.15, -0.1) is 0 Å². The van der Waals surface area contributed by atoms with E-state index in [0.717, 1.165) is 5.56 Å². The van der Waals surface area contributed by atoms with Gasteiger partial charge in [-0.2, -0.15) is 0 Å². The number of Topliss-reactive ketones (excluding diaryl/α,β-unsaturated/α-hetero) is 1. The first-order valence-corrected chi connectivity index (χ1v) is 4.50. The lowest BCUT2D eigenvalue weighted by atomic mass is 10.2. The molecule has 0 aliphatic carbocycles. The molecular formula is C11H14FNO. The van der Waals surface area contributed by atoms with E-state index in [0.29, 0.717) is 13.1 Å². The molecule has 0 amide bonds. The number of halogens is 1. The van der Waals surface area contributed by atoms with E-state index < -0.39 is 0 Å². The van der Waals surface area contributed by atoms with Crippen LogP contribution < -0.4 is 0 Å². The second kappa shape index (κ2) is 4.86. The summed E-state index contributed by atoms with van der Waals surface area (Å²) < 4.78 is 12.8. The highest BCUT2D eigenvalue weighted by Crippen LogP contribution is 2.05. The van der Waals surface area contributed by atoms with Gasteiger partial charge < -0.3 is 0 Å². The van der Waals surface area contributed by atoms with Gasteiger partial charge in [-0.25, -0.2) is 4.39 Å². The zero-order valence-electron chi connectivity index (χ0n) is 8.46. The molecule has 0 saturated carbocycles. The summed E-state index contributed by atoms with van der Waals surface area (Å²) in [5, 5.41) is 0. The molecule has 0 N–H and O–H groups in total. The van der Waals surface area contributed by atoms with E-state index >= 15 is 0 Å². The molecule has 3 heteroatoms. The fourth-order valence-corrected chi connectivity index (χ4v) is 1.38. The van der Waals surface area contributed by atoms with Crippen molar-refractivity contribution in [1.29, 1.82) is 0 Å². The van der Waals surface area contributed by atoms with E-state index in [2.05, 4.69) is 0 Å². The molecule has 1 rings (SSSR count). The van der Waals surface area contributed by atoms with E-state index in [1.807, 2.05) is 18.0 Å². The second-order valence-corrected chi connectivity index (χ2v) is 3.50. The lowest BCUT2D eigenvalue weighted by Crippen LogP contribution is -2.23. The monoisotopic (exact) mass is 195 g/mol. The van der Waals surface area contributed by atoms with Gasteiger partial charge in [0.2, 0.25) is 0 Å². The molecule has 0 aliphatic heterocycles. The van der Waals surface area contributed by atoms with E-state index in [4.69, 9.17) is 0 Å². The molecule has 1 aromatic carbocycles. The minimum Gasteiger partial charge on any atom is -0.299 e. The molecule has 0 fully saturated rings. The smallest absolute Gasteiger partial charge is 0.143 e. The Balaban J connectivity index is 2.55. The molecule has 76 valence electrons. The average Bonchev–Trinajstić information content (AvgIpc) is 2.01. The van der Waals surface area contributed by atoms with Crippen LogP contribution in [0.1, 0.15) is 12.5 Å². The van der Waals surface area contributed by atoms with Gasteiger partial charge in [0, 0.05) is 6.54 Å². The third-order valence-electron chi connectivity index (χ3n) is 1.83. The van der Waals surface area contributed by atoms with Crippen molar-refractivity contribution < 1.29 is 9.18 Å². The zero-order valence-corrected chi connectivity index (χ0v) is 8.46. The number of rotatable bonds is 4. The standard InChI is InChI=1S/C11H14FNO/c1-9(14)7-13(2)8-10-4-3-5-11(12)6-10/h3-6H,7-8H2,1-2H3. The van der Waals surface area contributed by atoms with Gasteiger partial charge >= 0.3 is 0 Å². The predicted octanol–water partition coefficient (Wildman–Crippen LogP) is 1.85. The van der Waals surface area contributed by atoms with Crippen LogP contribution in [0.5, 0.6) is 0 Å². The van der Waals surface area contributed by atoms with E-state index in [1.165, 1.54) is 12.1 Å². The van der Waals surface area contributed by atoms with Crippen LogP contribution in [0.3, 0.4) is 0 Å². The number of carbonyl (C=O) groups excluding carboxylic acids is 1. The Labute approximate surface area is 83.3 Å². The van der Waals surface area contributed by atoms with Gasteiger partial charge in [0.1, 0.15) is 11.6 Å². The molecule has 0 bridgehead atoms. The number of ketones is 1. The third-order valence-corrected chi connectivity index (χ3v) is 1.83. The fraction of sp³-hybridized carbons (Fsp3) is 0.364. The Morgan fingerprint density at radius 3 is 2.79 bits per heavy atom. The molecule has 0 aliphatic rings. The number of carbonyl (C=O) groups is 1. The van der Waals surface area contributed by atoms with Crippen LogP contribution >= 0.6 is 0 Å². The maximum atomic E-state index is 12.8. The first kappa shape index (κ1) is 10.9. The maximum absolute atomic E-state index is 12.8. The number of hydrogen-bond acceptors (Lipinski definition) is 2. The van der Waals surface area contributed by atoms with Gasteiger partial charge in [0.05, 0.1) is 6.54 Å². The van der Waals surface area contributed by atoms with Crippen LogP contribution in [0.15, 0.2) is 24.3 Å². The number of likely N-dealkylation sites (N-methyl/N-ethyl adjacent to an activating group) is 1. The largest absolute Gasteiger partial charge is 0.299 e. The quantitative estimate of drug-likeness (QED) is 0.730. The molecule has 0 radical (unpaired) electrons. The third kappa shape index (κ3) is 3.66. The first-order chi connectivity index (χ1) is 6.58. The minimum absolute atomic E-state index is 0.115. The molecule has 0 heterocycles. The van der Waals surface area contributed by atoms with E-state index in [-0.39, 0.29) is 11.6 Å². The predicted molar refractivity (Wildman–Crippen MR) is 53.4 cm³/mol. The van der Waals surface area contributed by atoms with Crippen molar-refractivity contribution >= 4 is 5.78 Å². The number of benzene rings is 1. The van der Waals surface area contributed by atoms with Gasteiger partial charge in [-0.1, -0.05) is 12.1 Å². The van der Waals surface area contributed by atoms with Gasteiger partial charge in [0.25, 0.3) is 0 Å². The summed E-state index contributed by atoms with van der Waals surface area (Å²) in [6, 6.07) is 6.41. The molecule has 0 aromatic heterocycles. The Bertz CT molecular complexity index is 325. The van der Waals surface area contributed by atoms with Crippen molar-refractivity contribution in [2.75, 3.05) is 13.6 Å². The van der Waals surface area contributed by atoms with Gasteiger partial charge in [-0.3, -0.25) is 9.69 Å². The highest BCUT2D eigenvalue weighted by molar-refractivity contribution is 5.77. The topological polar surface area (TPSA) is 20.3 Å². The van der Waals surface area contributed by atoms with Crippen LogP contribution in [0.25, 0.3) is 0 Å². The van der Waals surface area contributed by atoms with Crippen molar-refractivity contribution in [3.63, 3.8) is 0 Å². The molecule has 14 heavy (non-hydrogen) atoms. The van der Waals surface area contributed by atoms with Crippen molar-refractivity contribution in [2.45, 2.75) is 13.5 Å². The van der Waals surface area contributed by atoms with Crippen molar-refractivity contribution in [2.24, 2.45) is 0 Å². The van der Waals surface area contributed by atoms with Crippen molar-refractivity contribution in [1.82, 2.24) is 4.90 Å². The normalized spacial score (nSPS) is 10.6. The molecule has 0 unspecified atom stereocenters. The summed E-state index contributed by atoms with van der Waals surface area (Å²) in [6.07, 6.45) is 0. The molecule has 0 spiro atoms.